The number of unbranched alkanes of at least 4 members (excludes halogenated alkanes) is 14. The Balaban J connectivity index is 2.68. The fourth-order valence-corrected chi connectivity index (χ4v) is 20.7. The van der Waals surface area contributed by atoms with Gasteiger partial charge in [0.2, 0.25) is 0 Å². The van der Waals surface area contributed by atoms with Gasteiger partial charge in [-0.25, -0.2) is 0 Å². The first-order valence-electron chi connectivity index (χ1n) is 43.7. The van der Waals surface area contributed by atoms with E-state index in [0.29, 0.717) is 139 Å². The van der Waals surface area contributed by atoms with Gasteiger partial charge in [-0.2, -0.15) is 0 Å². The van der Waals surface area contributed by atoms with Crippen molar-refractivity contribution in [1.29, 1.82) is 0 Å². The molecule has 12 atom stereocenters. The van der Waals surface area contributed by atoms with E-state index >= 15 is 33.6 Å². The van der Waals surface area contributed by atoms with Gasteiger partial charge >= 0.3 is 53.7 Å². The van der Waals surface area contributed by atoms with Crippen molar-refractivity contribution >= 4 is 53.7 Å². The fraction of sp³-hybridized carbons (Fsp3) is 0.899. The van der Waals surface area contributed by atoms with Crippen molar-refractivity contribution in [3.8, 4) is 0 Å². The molecule has 3 N–H and O–H groups in total. The molecule has 4 aliphatic carbocycles. The summed E-state index contributed by atoms with van der Waals surface area (Å²) in [6.07, 6.45) is 16.7. The van der Waals surface area contributed by atoms with E-state index in [4.69, 9.17) is 28.4 Å². The van der Waals surface area contributed by atoms with Crippen molar-refractivity contribution in [2.45, 2.75) is 367 Å². The normalized spacial score (nSPS) is 26.9. The van der Waals surface area contributed by atoms with Gasteiger partial charge in [-0.1, -0.05) is 225 Å². The zero-order chi connectivity index (χ0) is 79.4. The number of hydrogen-bond donors (Lipinski definition) is 3. The molecule has 618 valence electrons. The minimum atomic E-state index is -2.47. The van der Waals surface area contributed by atoms with Gasteiger partial charge < -0.3 is 43.7 Å². The van der Waals surface area contributed by atoms with E-state index in [1.807, 2.05) is 0 Å². The van der Waals surface area contributed by atoms with E-state index in [1.165, 1.54) is 0 Å². The molecule has 0 aromatic rings. The largest absolute Gasteiger partial charge is 0.481 e. The predicted octanol–water partition coefficient (Wildman–Crippen LogP) is 21.2. The Labute approximate surface area is 647 Å². The number of hydrogen-bond acceptors (Lipinski definition) is 15. The third-order valence-corrected chi connectivity index (χ3v) is 25.6. The van der Waals surface area contributed by atoms with Gasteiger partial charge in [0.25, 0.3) is 0 Å². The lowest BCUT2D eigenvalue weighted by molar-refractivity contribution is -0.297. The van der Waals surface area contributed by atoms with Gasteiger partial charge in [-0.05, 0) is 194 Å². The molecule has 12 unspecified atom stereocenters. The van der Waals surface area contributed by atoms with Crippen LogP contribution in [0.2, 0.25) is 0 Å². The van der Waals surface area contributed by atoms with Gasteiger partial charge in [-0.15, -0.1) is 0 Å². The van der Waals surface area contributed by atoms with E-state index in [2.05, 4.69) is 96.9 Å². The second-order valence-corrected chi connectivity index (χ2v) is 36.0. The summed E-state index contributed by atoms with van der Waals surface area (Å²) in [7, 11) is 0. The maximum atomic E-state index is 18.2. The monoisotopic (exact) mass is 1510 g/mol. The minimum absolute atomic E-state index is 0.00820. The number of aliphatic carboxylic acids is 3. The van der Waals surface area contributed by atoms with Crippen molar-refractivity contribution in [3.63, 3.8) is 0 Å². The van der Waals surface area contributed by atoms with E-state index in [9.17, 15) is 24.9 Å². The summed E-state index contributed by atoms with van der Waals surface area (Å²) in [5.74, 6) is -19.6. The van der Waals surface area contributed by atoms with Crippen LogP contribution in [0.4, 0.5) is 0 Å². The number of carbonyl (C=O) groups excluding carboxylic acids is 6. The average Bonchev–Trinajstić information content (AvgIpc) is 0.647. The van der Waals surface area contributed by atoms with Gasteiger partial charge in [0.05, 0.1) is 91.4 Å². The number of carboxylic acid groups (broad SMARTS) is 3. The Morgan fingerprint density at radius 1 is 0.318 bits per heavy atom. The van der Waals surface area contributed by atoms with Crippen LogP contribution < -0.4 is 0 Å². The Morgan fingerprint density at radius 2 is 0.617 bits per heavy atom. The smallest absolute Gasteiger partial charge is 0.313 e. The number of carboxylic acids is 3. The van der Waals surface area contributed by atoms with E-state index in [1.54, 1.807) is 0 Å². The highest BCUT2D eigenvalue weighted by Gasteiger charge is 2.85. The molecule has 0 radical (unpaired) electrons. The number of ether oxygens (including phenoxy) is 6. The summed E-state index contributed by atoms with van der Waals surface area (Å²) in [5.41, 5.74) is -11.3. The first kappa shape index (κ1) is 94.6. The predicted molar refractivity (Wildman–Crippen MR) is 420 cm³/mol. The van der Waals surface area contributed by atoms with Crippen LogP contribution in [-0.2, 0) is 71.6 Å². The molecule has 0 heterocycles. The third-order valence-electron chi connectivity index (χ3n) is 25.6. The Bertz CT molecular complexity index is 2670. The lowest BCUT2D eigenvalue weighted by Crippen LogP contribution is -2.77. The van der Waals surface area contributed by atoms with Crippen LogP contribution in [-0.4, -0.2) is 109 Å². The van der Waals surface area contributed by atoms with E-state index < -0.39 is 122 Å². The van der Waals surface area contributed by atoms with Crippen LogP contribution in [0.15, 0.2) is 0 Å². The highest BCUT2D eigenvalue weighted by Crippen LogP contribution is 2.82. The topological polar surface area (TPSA) is 270 Å². The van der Waals surface area contributed by atoms with E-state index in [-0.39, 0.29) is 142 Å². The lowest BCUT2D eigenvalue weighted by atomic mass is 9.26. The first-order valence-corrected chi connectivity index (χ1v) is 43.7. The molecule has 4 fully saturated rings. The Hall–Kier alpha value is -4.77. The zero-order valence-corrected chi connectivity index (χ0v) is 69.9. The molecule has 18 heteroatoms. The van der Waals surface area contributed by atoms with Gasteiger partial charge in [0.15, 0.2) is 0 Å². The highest BCUT2D eigenvalue weighted by molar-refractivity contribution is 5.95. The van der Waals surface area contributed by atoms with Crippen molar-refractivity contribution in [2.75, 3.05) is 39.6 Å². The maximum Gasteiger partial charge on any atom is 0.313 e. The fourth-order valence-electron chi connectivity index (χ4n) is 20.7. The molecule has 0 saturated heterocycles. The number of carbonyl (C=O) groups is 9. The molecule has 18 nitrogen and oxygen atoms in total. The van der Waals surface area contributed by atoms with Crippen LogP contribution in [0.3, 0.4) is 0 Å². The van der Waals surface area contributed by atoms with Crippen molar-refractivity contribution < 1.29 is 86.9 Å². The summed E-state index contributed by atoms with van der Waals surface area (Å²) in [4.78, 5) is 149. The molecule has 0 aromatic carbocycles. The molecule has 4 aliphatic rings. The molecule has 0 bridgehead atoms. The van der Waals surface area contributed by atoms with Crippen LogP contribution in [0, 0.1) is 104 Å². The molecule has 0 spiro atoms. The summed E-state index contributed by atoms with van der Waals surface area (Å²) in [5, 5.41) is 36.5. The summed E-state index contributed by atoms with van der Waals surface area (Å²) < 4.78 is 40.7. The third kappa shape index (κ3) is 25.4. The molecule has 0 amide bonds. The molecule has 0 aliphatic heterocycles. The quantitative estimate of drug-likeness (QED) is 0.0290. The van der Waals surface area contributed by atoms with Gasteiger partial charge in [0.1, 0.15) is 0 Å². The lowest BCUT2D eigenvalue weighted by Gasteiger charge is -2.75. The van der Waals surface area contributed by atoms with Crippen LogP contribution >= 0.6 is 0 Å². The number of rotatable bonds is 54. The molecule has 4 saturated carbocycles. The standard InChI is InChI=1S/C89H154O18/c1-15-17-19-21-29-51-85(87(83(100)106-61-35-27-45-67(11)12)54-38-48-70(77(92)93)74(87)80(97)103-58-32-24-42-64(5)6)52-40-50-72(86(82(99)105-60-34-26-44-66(9)10)53-37-47-69(76(90)91)73(86)79(96)102-57-31-23-41-63(3)4)89(85,56-30-22-20-18-16-2)88(84(101)107-62-36-28-46-68(13)14)55-39-49-71(78(94)95)75(88)81(98)104-59-33-25-43-65(7)8/h63-75H,15-62H2,1-14H3,(H,90,91)(H,92,93)(H,94,95). The second kappa shape index (κ2) is 48.2. The van der Waals surface area contributed by atoms with Crippen LogP contribution in [0.1, 0.15) is 367 Å². The summed E-state index contributed by atoms with van der Waals surface area (Å²) in [6.45, 7) is 28.7. The molecular formula is C89H154O18. The molecular weight excluding hydrogens is 1360 g/mol. The molecule has 0 aromatic heterocycles. The number of esters is 6. The van der Waals surface area contributed by atoms with E-state index in [0.717, 1.165) is 64.2 Å². The Kier molecular flexibility index (Phi) is 42.6. The second-order valence-electron chi connectivity index (χ2n) is 36.0. The van der Waals surface area contributed by atoms with Crippen LogP contribution in [0.5, 0.6) is 0 Å². The highest BCUT2D eigenvalue weighted by atomic mass is 16.6. The average molecular weight is 1510 g/mol. The minimum Gasteiger partial charge on any atom is -0.481 e. The SMILES string of the molecule is CCCCCCCC1(C2(C(=O)OCCCCC(C)C)CCCC(C(=O)O)C2C(=O)OCCCCC(C)C)CCCC(C2(C(=O)OCCCCC(C)C)CCCC(C(=O)O)C2C(=O)OCCCCC(C)C)C1(CCCCCCC)C1(C(=O)OCCCCC(C)C)CCCC(C(=O)O)C1C(=O)OCCCCC(C)C. The molecule has 4 rings (SSSR count). The van der Waals surface area contributed by atoms with Gasteiger partial charge in [0, 0.05) is 0 Å². The van der Waals surface area contributed by atoms with Crippen molar-refractivity contribution in [1.82, 2.24) is 0 Å². The molecule has 107 heavy (non-hydrogen) atoms. The Morgan fingerprint density at radius 3 is 0.991 bits per heavy atom. The van der Waals surface area contributed by atoms with Gasteiger partial charge in [-0.3, -0.25) is 43.2 Å². The maximum absolute atomic E-state index is 18.2. The summed E-state index contributed by atoms with van der Waals surface area (Å²) in [6, 6.07) is 0. The van der Waals surface area contributed by atoms with Crippen LogP contribution in [0.25, 0.3) is 0 Å². The van der Waals surface area contributed by atoms with Crippen molar-refractivity contribution in [3.05, 3.63) is 0 Å². The first-order chi connectivity index (χ1) is 51.0. The van der Waals surface area contributed by atoms with Crippen molar-refractivity contribution in [2.24, 2.45) is 104 Å². The summed E-state index contributed by atoms with van der Waals surface area (Å²) >= 11 is 0. The zero-order valence-electron chi connectivity index (χ0n) is 69.9.